The molecule has 1 N–H and O–H groups in total. The molecule has 1 aliphatic rings. The maximum Gasteiger partial charge on any atom is 0.339 e. The number of benzene rings is 1. The minimum absolute atomic E-state index is 0.189. The third-order valence-electron chi connectivity index (χ3n) is 5.77. The third-order valence-corrected chi connectivity index (χ3v) is 7.14. The van der Waals surface area contributed by atoms with Gasteiger partial charge in [0, 0.05) is 17.5 Å². The van der Waals surface area contributed by atoms with E-state index in [0.29, 0.717) is 22.0 Å². The summed E-state index contributed by atoms with van der Waals surface area (Å²) in [6.07, 6.45) is 4.24. The molecule has 0 saturated heterocycles. The maximum absolute atomic E-state index is 12.6. The number of rotatable bonds is 7. The predicted octanol–water partition coefficient (Wildman–Crippen LogP) is 4.01. The van der Waals surface area contributed by atoms with Crippen LogP contribution in [0, 0.1) is 25.2 Å². The quantitative estimate of drug-likeness (QED) is 0.654. The second-order valence-corrected chi connectivity index (χ2v) is 9.32. The highest BCUT2D eigenvalue weighted by Gasteiger charge is 2.27. The van der Waals surface area contributed by atoms with Crippen LogP contribution < -0.4 is 5.32 Å². The van der Waals surface area contributed by atoms with Gasteiger partial charge in [0.25, 0.3) is 5.91 Å². The van der Waals surface area contributed by atoms with Gasteiger partial charge in [-0.15, -0.1) is 0 Å². The Hall–Kier alpha value is -2.92. The Morgan fingerprint density at radius 1 is 1.26 bits per heavy atom. The lowest BCUT2D eigenvalue weighted by Crippen LogP contribution is -2.24. The normalized spacial score (nSPS) is 14.8. The topological polar surface area (TPSA) is 101 Å². The van der Waals surface area contributed by atoms with E-state index in [1.54, 1.807) is 25.1 Å². The molecule has 31 heavy (non-hydrogen) atoms. The third kappa shape index (κ3) is 4.72. The first-order valence-corrected chi connectivity index (χ1v) is 11.8. The molecule has 164 valence electrons. The Kier molecular flexibility index (Phi) is 7.29. The number of nitriles is 1. The van der Waals surface area contributed by atoms with Crippen molar-refractivity contribution < 1.29 is 18.5 Å². The zero-order valence-electron chi connectivity index (χ0n) is 18.1. The van der Waals surface area contributed by atoms with E-state index in [9.17, 15) is 19.1 Å². The number of nitrogens with zero attached hydrogens (tertiary/aromatic N) is 2. The average molecular weight is 442 g/mol. The monoisotopic (exact) mass is 441 g/mol. The molecule has 1 fully saturated rings. The molecular formula is C23H27N3O4S. The van der Waals surface area contributed by atoms with Crippen molar-refractivity contribution >= 4 is 28.5 Å². The van der Waals surface area contributed by atoms with Gasteiger partial charge in [-0.3, -0.25) is 9.00 Å². The number of carbonyl (C=O) groups is 2. The van der Waals surface area contributed by atoms with Crippen molar-refractivity contribution in [2.45, 2.75) is 57.4 Å². The lowest BCUT2D eigenvalue weighted by Gasteiger charge is -2.19. The predicted molar refractivity (Wildman–Crippen MR) is 118 cm³/mol. The second kappa shape index (κ2) is 9.92. The molecule has 1 aromatic heterocycles. The van der Waals surface area contributed by atoms with Gasteiger partial charge < -0.3 is 14.6 Å². The van der Waals surface area contributed by atoms with E-state index < -0.39 is 29.3 Å². The standard InChI is InChI=1S/C23H27N3O4S/c1-4-31(29)20-12-8-7-11-18(20)23(28)30-14-21(27)25-22-19(13-24)15(2)16(3)26(22)17-9-5-6-10-17/h7-8,11-12,17H,4-6,9-10,14H2,1-3H3,(H,25,27). The highest BCUT2D eigenvalue weighted by molar-refractivity contribution is 7.85. The van der Waals surface area contributed by atoms with Crippen molar-refractivity contribution in [1.29, 1.82) is 5.26 Å². The molecule has 1 aromatic carbocycles. The zero-order chi connectivity index (χ0) is 22.5. The van der Waals surface area contributed by atoms with Gasteiger partial charge >= 0.3 is 5.97 Å². The maximum atomic E-state index is 12.6. The van der Waals surface area contributed by atoms with Gasteiger partial charge in [-0.1, -0.05) is 31.9 Å². The van der Waals surface area contributed by atoms with E-state index in [0.717, 1.165) is 36.9 Å². The van der Waals surface area contributed by atoms with Gasteiger partial charge in [-0.05, 0) is 44.4 Å². The minimum atomic E-state index is -1.32. The van der Waals surface area contributed by atoms with Crippen LogP contribution in [0.1, 0.15) is 65.8 Å². The number of ether oxygens (including phenoxy) is 1. The van der Waals surface area contributed by atoms with Crippen molar-refractivity contribution in [2.75, 3.05) is 17.7 Å². The molecule has 0 radical (unpaired) electrons. The molecule has 1 atom stereocenters. The summed E-state index contributed by atoms with van der Waals surface area (Å²) >= 11 is 0. The van der Waals surface area contributed by atoms with Crippen molar-refractivity contribution in [1.82, 2.24) is 4.57 Å². The van der Waals surface area contributed by atoms with Crippen LogP contribution in [0.4, 0.5) is 5.82 Å². The Morgan fingerprint density at radius 3 is 2.58 bits per heavy atom. The molecule has 1 unspecified atom stereocenters. The summed E-state index contributed by atoms with van der Waals surface area (Å²) < 4.78 is 19.4. The fourth-order valence-electron chi connectivity index (χ4n) is 4.07. The van der Waals surface area contributed by atoms with Gasteiger partial charge in [-0.25, -0.2) is 4.79 Å². The van der Waals surface area contributed by atoms with Crippen LogP contribution in [0.3, 0.4) is 0 Å². The van der Waals surface area contributed by atoms with E-state index in [1.807, 2.05) is 18.4 Å². The van der Waals surface area contributed by atoms with Crippen LogP contribution in [0.2, 0.25) is 0 Å². The summed E-state index contributed by atoms with van der Waals surface area (Å²) in [4.78, 5) is 25.5. The molecule has 1 aliphatic carbocycles. The molecule has 0 bridgehead atoms. The first kappa shape index (κ1) is 22.8. The van der Waals surface area contributed by atoms with E-state index >= 15 is 0 Å². The second-order valence-electron chi connectivity index (χ2n) is 7.61. The number of esters is 1. The number of aromatic nitrogens is 1. The summed E-state index contributed by atoms with van der Waals surface area (Å²) in [5.41, 5.74) is 2.44. The van der Waals surface area contributed by atoms with Gasteiger partial charge in [0.1, 0.15) is 11.9 Å². The number of hydrogen-bond donors (Lipinski definition) is 1. The van der Waals surface area contributed by atoms with Crippen LogP contribution in [0.25, 0.3) is 0 Å². The van der Waals surface area contributed by atoms with Gasteiger partial charge in [0.05, 0.1) is 26.8 Å². The smallest absolute Gasteiger partial charge is 0.339 e. The number of carbonyl (C=O) groups excluding carboxylic acids is 2. The van der Waals surface area contributed by atoms with E-state index in [-0.39, 0.29) is 11.6 Å². The summed E-state index contributed by atoms with van der Waals surface area (Å²) in [6, 6.07) is 8.96. The first-order chi connectivity index (χ1) is 14.9. The zero-order valence-corrected chi connectivity index (χ0v) is 18.9. The number of anilines is 1. The lowest BCUT2D eigenvalue weighted by molar-refractivity contribution is -0.119. The molecule has 0 spiro atoms. The van der Waals surface area contributed by atoms with Crippen LogP contribution >= 0.6 is 0 Å². The molecule has 0 aliphatic heterocycles. The Morgan fingerprint density at radius 2 is 1.94 bits per heavy atom. The van der Waals surface area contributed by atoms with Crippen LogP contribution in [0.5, 0.6) is 0 Å². The molecule has 1 saturated carbocycles. The Balaban J connectivity index is 1.75. The van der Waals surface area contributed by atoms with Crippen molar-refractivity contribution in [3.8, 4) is 6.07 Å². The minimum Gasteiger partial charge on any atom is -0.452 e. The Labute approximate surface area is 184 Å². The molecule has 8 heteroatoms. The summed E-state index contributed by atoms with van der Waals surface area (Å²) in [5, 5.41) is 12.4. The van der Waals surface area contributed by atoms with Crippen LogP contribution in [0.15, 0.2) is 29.2 Å². The molecule has 1 amide bonds. The van der Waals surface area contributed by atoms with E-state index in [4.69, 9.17) is 4.74 Å². The highest BCUT2D eigenvalue weighted by atomic mass is 32.2. The van der Waals surface area contributed by atoms with Crippen molar-refractivity contribution in [2.24, 2.45) is 0 Å². The Bertz CT molecular complexity index is 1060. The number of hydrogen-bond acceptors (Lipinski definition) is 5. The van der Waals surface area contributed by atoms with Gasteiger partial charge in [0.15, 0.2) is 6.61 Å². The molecule has 1 heterocycles. The van der Waals surface area contributed by atoms with Crippen molar-refractivity contribution in [3.05, 3.63) is 46.6 Å². The first-order valence-electron chi connectivity index (χ1n) is 10.4. The average Bonchev–Trinajstić information content (AvgIpc) is 3.38. The summed E-state index contributed by atoms with van der Waals surface area (Å²) in [7, 11) is -1.32. The molecule has 2 aromatic rings. The molecular weight excluding hydrogens is 414 g/mol. The number of amides is 1. The van der Waals surface area contributed by atoms with Gasteiger partial charge in [0.2, 0.25) is 0 Å². The molecule has 3 rings (SSSR count). The summed E-state index contributed by atoms with van der Waals surface area (Å²) in [6.45, 7) is 5.10. The SMILES string of the molecule is CCS(=O)c1ccccc1C(=O)OCC(=O)Nc1c(C#N)c(C)c(C)n1C1CCCC1. The van der Waals surface area contributed by atoms with E-state index in [1.165, 1.54) is 6.07 Å². The number of nitrogens with one attached hydrogen (secondary N) is 1. The van der Waals surface area contributed by atoms with Gasteiger partial charge in [-0.2, -0.15) is 5.26 Å². The fourth-order valence-corrected chi connectivity index (χ4v) is 5.01. The van der Waals surface area contributed by atoms with Crippen LogP contribution in [-0.4, -0.2) is 33.0 Å². The van der Waals surface area contributed by atoms with E-state index in [2.05, 4.69) is 11.4 Å². The summed E-state index contributed by atoms with van der Waals surface area (Å²) in [5.74, 6) is -0.376. The largest absolute Gasteiger partial charge is 0.452 e. The molecule has 7 nitrogen and oxygen atoms in total. The highest BCUT2D eigenvalue weighted by Crippen LogP contribution is 2.37. The van der Waals surface area contributed by atoms with Crippen molar-refractivity contribution in [3.63, 3.8) is 0 Å². The fraction of sp³-hybridized carbons (Fsp3) is 0.435. The van der Waals surface area contributed by atoms with Crippen LogP contribution in [-0.2, 0) is 20.3 Å². The lowest BCUT2D eigenvalue weighted by atomic mass is 10.2.